The lowest BCUT2D eigenvalue weighted by atomic mass is 9.90. The first-order chi connectivity index (χ1) is 28.5. The summed E-state index contributed by atoms with van der Waals surface area (Å²) in [7, 11) is 3.27. The molecule has 4 aromatic carbocycles. The molecule has 1 aromatic heterocycles. The third kappa shape index (κ3) is 9.71. The van der Waals surface area contributed by atoms with E-state index in [-0.39, 0.29) is 36.2 Å². The van der Waals surface area contributed by atoms with Crippen LogP contribution in [0.25, 0.3) is 33.2 Å². The van der Waals surface area contributed by atoms with Gasteiger partial charge in [0.05, 0.1) is 51.4 Å². The van der Waals surface area contributed by atoms with Crippen molar-refractivity contribution in [1.82, 2.24) is 0 Å². The zero-order chi connectivity index (χ0) is 40.4. The van der Waals surface area contributed by atoms with Gasteiger partial charge in [-0.05, 0) is 116 Å². The number of carbonyl (C=O) groups excluding carboxylic acids is 1. The lowest BCUT2D eigenvalue weighted by Crippen LogP contribution is -3.00. The highest BCUT2D eigenvalue weighted by Gasteiger charge is 2.33. The molecule has 0 unspecified atom stereocenters. The summed E-state index contributed by atoms with van der Waals surface area (Å²) in [5.41, 5.74) is 8.48. The van der Waals surface area contributed by atoms with Crippen molar-refractivity contribution in [3.63, 3.8) is 0 Å². The topological polar surface area (TPSA) is 85.6 Å². The molecule has 0 atom stereocenters. The molecule has 0 saturated heterocycles. The van der Waals surface area contributed by atoms with E-state index in [1.807, 2.05) is 30.4 Å². The van der Waals surface area contributed by atoms with Crippen LogP contribution in [0.4, 0.5) is 0 Å². The number of hydrogen-bond acceptors (Lipinski definition) is 8. The smallest absolute Gasteiger partial charge is 0.310 e. The van der Waals surface area contributed by atoms with Crippen molar-refractivity contribution in [2.45, 2.75) is 71.3 Å². The van der Waals surface area contributed by atoms with Gasteiger partial charge in [-0.3, -0.25) is 4.79 Å². The molecule has 7 rings (SSSR count). The van der Waals surface area contributed by atoms with Crippen molar-refractivity contribution in [3.05, 3.63) is 114 Å². The van der Waals surface area contributed by atoms with Crippen molar-refractivity contribution in [1.29, 1.82) is 0 Å². The van der Waals surface area contributed by atoms with Gasteiger partial charge in [0.1, 0.15) is 11.5 Å². The molecule has 0 radical (unpaired) electrons. The minimum Gasteiger partial charge on any atom is -1.00 e. The summed E-state index contributed by atoms with van der Waals surface area (Å²) in [6.45, 7) is 12.6. The second-order valence-electron chi connectivity index (χ2n) is 14.7. The average Bonchev–Trinajstić information content (AvgIpc) is 3.70. The summed E-state index contributed by atoms with van der Waals surface area (Å²) in [6, 6.07) is 20.7. The molecular weight excluding hydrogens is 810 g/mol. The van der Waals surface area contributed by atoms with E-state index in [4.69, 9.17) is 33.2 Å². The maximum atomic E-state index is 13.6. The number of nitrogens with zero attached hydrogens (tertiary/aromatic N) is 1. The van der Waals surface area contributed by atoms with Gasteiger partial charge in [0, 0.05) is 22.9 Å². The van der Waals surface area contributed by atoms with Gasteiger partial charge in [-0.15, -0.1) is 13.2 Å². The highest BCUT2D eigenvalue weighted by Crippen LogP contribution is 2.44. The number of aryl methyl sites for hydroxylation is 2. The SMILES string of the molecule is C=CCc1ccc(OCCCCCCOC(=O)Cc2c3[n+](cc4c(OC)c(OC)ccc24)CCc2cc4c(cc2-3)OCO4)c(-c2ccc(OCCC)c(CC=C)c2)c1.[Br-]. The zero-order valence-corrected chi connectivity index (χ0v) is 36.0. The van der Waals surface area contributed by atoms with Crippen LogP contribution in [0.1, 0.15) is 61.3 Å². The number of hydrogen-bond donors (Lipinski definition) is 0. The fraction of sp³-hybridized carbons (Fsp3) is 0.347. The maximum absolute atomic E-state index is 13.6. The van der Waals surface area contributed by atoms with Gasteiger partial charge in [-0.25, -0.2) is 0 Å². The van der Waals surface area contributed by atoms with E-state index in [2.05, 4.69) is 73.3 Å². The Labute approximate surface area is 358 Å². The van der Waals surface area contributed by atoms with Crippen molar-refractivity contribution in [2.24, 2.45) is 0 Å². The van der Waals surface area contributed by atoms with E-state index in [1.165, 1.54) is 5.56 Å². The number of allylic oxidation sites excluding steroid dienone is 2. The molecule has 0 spiro atoms. The third-order valence-electron chi connectivity index (χ3n) is 10.7. The minimum atomic E-state index is -0.269. The molecule has 310 valence electrons. The molecule has 10 heteroatoms. The van der Waals surface area contributed by atoms with Crippen LogP contribution in [0.15, 0.2) is 92.2 Å². The fourth-order valence-corrected chi connectivity index (χ4v) is 7.95. The number of pyridine rings is 1. The molecule has 2 aliphatic rings. The predicted octanol–water partition coefficient (Wildman–Crippen LogP) is 6.74. The Morgan fingerprint density at radius 2 is 1.53 bits per heavy atom. The van der Waals surface area contributed by atoms with E-state index >= 15 is 0 Å². The van der Waals surface area contributed by atoms with Gasteiger partial charge < -0.3 is 50.1 Å². The van der Waals surface area contributed by atoms with Gasteiger partial charge in [0.25, 0.3) is 0 Å². The summed E-state index contributed by atoms with van der Waals surface area (Å²) in [6.07, 6.45) is 12.8. The predicted molar refractivity (Wildman–Crippen MR) is 227 cm³/mol. The van der Waals surface area contributed by atoms with E-state index in [0.29, 0.717) is 37.1 Å². The number of halogens is 1. The van der Waals surface area contributed by atoms with Crippen molar-refractivity contribution in [3.8, 4) is 56.9 Å². The van der Waals surface area contributed by atoms with Crippen LogP contribution >= 0.6 is 0 Å². The third-order valence-corrected chi connectivity index (χ3v) is 10.7. The standard InChI is InChI=1S/C49H54NO8.BrH/c1-6-13-33-15-18-43(38(26-33)34-16-19-42(54-23-8-3)36(27-34)14-7-2)55-24-11-9-10-12-25-56-47(51)30-40-37-17-20-44(52-4)49(53-5)41(37)31-50-22-21-35-28-45-46(58-32-57-45)29-39(35)48(40)50;/h6-7,15-20,26-29,31H,1-2,8-14,21-25,30,32H2,3-5H3;1H/q+1;/p-1. The Kier molecular flexibility index (Phi) is 15.0. The van der Waals surface area contributed by atoms with E-state index in [0.717, 1.165) is 125 Å². The highest BCUT2D eigenvalue weighted by molar-refractivity contribution is 5.97. The molecule has 0 amide bonds. The van der Waals surface area contributed by atoms with Crippen LogP contribution in [0.5, 0.6) is 34.5 Å². The van der Waals surface area contributed by atoms with Crippen LogP contribution in [0.2, 0.25) is 0 Å². The summed E-state index contributed by atoms with van der Waals surface area (Å²) in [4.78, 5) is 13.6. The summed E-state index contributed by atoms with van der Waals surface area (Å²) >= 11 is 0. The van der Waals surface area contributed by atoms with Crippen molar-refractivity contribution in [2.75, 3.05) is 40.8 Å². The molecular formula is C49H54BrNO8. The lowest BCUT2D eigenvalue weighted by Gasteiger charge is -2.20. The average molecular weight is 865 g/mol. The van der Waals surface area contributed by atoms with Crippen LogP contribution < -0.4 is 50.0 Å². The Balaban J connectivity index is 0.00000585. The molecule has 5 aromatic rings. The monoisotopic (exact) mass is 863 g/mol. The quantitative estimate of drug-likeness (QED) is 0.0369. The maximum Gasteiger partial charge on any atom is 0.310 e. The molecule has 3 heterocycles. The minimum absolute atomic E-state index is 0. The Morgan fingerprint density at radius 1 is 0.780 bits per heavy atom. The number of carbonyl (C=O) groups is 1. The van der Waals surface area contributed by atoms with Crippen LogP contribution in [-0.2, 0) is 41.8 Å². The summed E-state index contributed by atoms with van der Waals surface area (Å²) < 4.78 is 43.4. The van der Waals surface area contributed by atoms with E-state index < -0.39 is 0 Å². The summed E-state index contributed by atoms with van der Waals surface area (Å²) in [5, 5.41) is 1.80. The molecule has 0 bridgehead atoms. The van der Waals surface area contributed by atoms with Crippen LogP contribution in [0.3, 0.4) is 0 Å². The molecule has 0 N–H and O–H groups in total. The van der Waals surface area contributed by atoms with Gasteiger partial charge in [-0.2, -0.15) is 4.57 Å². The van der Waals surface area contributed by atoms with Gasteiger partial charge >= 0.3 is 5.97 Å². The highest BCUT2D eigenvalue weighted by atomic mass is 79.9. The number of benzene rings is 4. The van der Waals surface area contributed by atoms with Crippen LogP contribution in [-0.4, -0.2) is 46.8 Å². The normalized spacial score (nSPS) is 12.2. The van der Waals surface area contributed by atoms with Gasteiger partial charge in [0.15, 0.2) is 35.7 Å². The van der Waals surface area contributed by atoms with Crippen molar-refractivity contribution < 1.29 is 59.5 Å². The Bertz CT molecular complexity index is 2300. The number of unbranched alkanes of at least 4 members (excludes halogenated alkanes) is 3. The number of methoxy groups -OCH3 is 2. The second-order valence-corrected chi connectivity index (χ2v) is 14.7. The number of aromatic nitrogens is 1. The molecule has 2 aliphatic heterocycles. The van der Waals surface area contributed by atoms with E-state index in [1.54, 1.807) is 14.2 Å². The largest absolute Gasteiger partial charge is 1.00 e. The number of esters is 1. The second kappa shape index (κ2) is 20.5. The number of rotatable bonds is 20. The Hall–Kier alpha value is -5.48. The zero-order valence-electron chi connectivity index (χ0n) is 34.4. The molecule has 0 aliphatic carbocycles. The first kappa shape index (κ1) is 43.1. The van der Waals surface area contributed by atoms with Crippen molar-refractivity contribution >= 4 is 16.7 Å². The lowest BCUT2D eigenvalue weighted by molar-refractivity contribution is -0.686. The molecule has 59 heavy (non-hydrogen) atoms. The van der Waals surface area contributed by atoms with Crippen LogP contribution in [0, 0.1) is 0 Å². The van der Waals surface area contributed by atoms with Gasteiger partial charge in [-0.1, -0.05) is 31.2 Å². The number of ether oxygens (including phenoxy) is 7. The number of fused-ring (bicyclic) bond motifs is 5. The summed E-state index contributed by atoms with van der Waals surface area (Å²) in [5.74, 6) is 4.22. The Morgan fingerprint density at radius 3 is 2.29 bits per heavy atom. The van der Waals surface area contributed by atoms with E-state index in [9.17, 15) is 4.79 Å². The van der Waals surface area contributed by atoms with Gasteiger partial charge in [0.2, 0.25) is 12.5 Å². The first-order valence-electron chi connectivity index (χ1n) is 20.4. The first-order valence-corrected chi connectivity index (χ1v) is 20.4. The fourth-order valence-electron chi connectivity index (χ4n) is 7.95. The molecule has 0 fully saturated rings. The molecule has 9 nitrogen and oxygen atoms in total. The molecule has 0 saturated carbocycles.